The van der Waals surface area contributed by atoms with Crippen molar-refractivity contribution in [3.8, 4) is 5.75 Å². The zero-order valence-corrected chi connectivity index (χ0v) is 16.4. The Morgan fingerprint density at radius 3 is 2.26 bits per heavy atom. The zero-order valence-electron chi connectivity index (χ0n) is 15.5. The van der Waals surface area contributed by atoms with E-state index in [1.807, 2.05) is 20.8 Å². The molecule has 7 heteroatoms. The monoisotopic (exact) mass is 385 g/mol. The van der Waals surface area contributed by atoms with E-state index < -0.39 is 0 Å². The highest BCUT2D eigenvalue weighted by Crippen LogP contribution is 2.15. The Hall–Kier alpha value is -2.93. The van der Waals surface area contributed by atoms with Gasteiger partial charge in [-0.3, -0.25) is 14.9 Å². The van der Waals surface area contributed by atoms with Gasteiger partial charge in [-0.15, -0.1) is 0 Å². The number of hydrogen-bond acceptors (Lipinski definition) is 4. The Balaban J connectivity index is 1.92. The summed E-state index contributed by atoms with van der Waals surface area (Å²) in [5.41, 5.74) is 1.85. The molecule has 2 aromatic rings. The predicted molar refractivity (Wildman–Crippen MR) is 111 cm³/mol. The van der Waals surface area contributed by atoms with Crippen LogP contribution in [0.15, 0.2) is 48.5 Å². The Bertz CT molecular complexity index is 819. The number of anilines is 2. The summed E-state index contributed by atoms with van der Waals surface area (Å²) in [7, 11) is 0. The molecule has 6 nitrogen and oxygen atoms in total. The van der Waals surface area contributed by atoms with Gasteiger partial charge in [0.2, 0.25) is 5.91 Å². The molecule has 2 rings (SSSR count). The average Bonchev–Trinajstić information content (AvgIpc) is 2.63. The van der Waals surface area contributed by atoms with Gasteiger partial charge in [0, 0.05) is 22.9 Å². The van der Waals surface area contributed by atoms with E-state index in [0.717, 1.165) is 0 Å². The third kappa shape index (κ3) is 6.38. The Labute approximate surface area is 164 Å². The maximum absolute atomic E-state index is 12.3. The normalized spacial score (nSPS) is 10.2. The van der Waals surface area contributed by atoms with Crippen molar-refractivity contribution in [1.29, 1.82) is 0 Å². The maximum atomic E-state index is 12.3. The minimum Gasteiger partial charge on any atom is -0.494 e. The van der Waals surface area contributed by atoms with Crippen molar-refractivity contribution < 1.29 is 14.3 Å². The van der Waals surface area contributed by atoms with Crippen molar-refractivity contribution >= 4 is 40.5 Å². The minimum absolute atomic E-state index is 0.0484. The van der Waals surface area contributed by atoms with Gasteiger partial charge < -0.3 is 15.4 Å². The molecule has 0 saturated carbocycles. The molecule has 0 atom stereocenters. The summed E-state index contributed by atoms with van der Waals surface area (Å²) in [4.78, 5) is 24.0. The van der Waals surface area contributed by atoms with Crippen LogP contribution >= 0.6 is 12.2 Å². The van der Waals surface area contributed by atoms with Gasteiger partial charge in [0.1, 0.15) is 5.75 Å². The van der Waals surface area contributed by atoms with Gasteiger partial charge in [-0.05, 0) is 61.6 Å². The van der Waals surface area contributed by atoms with Crippen LogP contribution in [0.5, 0.6) is 5.75 Å². The van der Waals surface area contributed by atoms with Crippen LogP contribution in [0.25, 0.3) is 0 Å². The largest absolute Gasteiger partial charge is 0.494 e. The number of amides is 2. The van der Waals surface area contributed by atoms with Crippen molar-refractivity contribution in [2.75, 3.05) is 17.2 Å². The van der Waals surface area contributed by atoms with E-state index >= 15 is 0 Å². The fourth-order valence-corrected chi connectivity index (χ4v) is 2.37. The molecule has 0 aromatic heterocycles. The quantitative estimate of drug-likeness (QED) is 0.659. The van der Waals surface area contributed by atoms with E-state index in [2.05, 4.69) is 16.0 Å². The Morgan fingerprint density at radius 1 is 1.04 bits per heavy atom. The number of carbonyl (C=O) groups is 2. The highest BCUT2D eigenvalue weighted by Gasteiger charge is 2.10. The number of benzene rings is 2. The molecule has 0 heterocycles. The number of ether oxygens (including phenoxy) is 1. The first-order valence-corrected chi connectivity index (χ1v) is 9.06. The lowest BCUT2D eigenvalue weighted by Gasteiger charge is -2.12. The van der Waals surface area contributed by atoms with Crippen LogP contribution in [0, 0.1) is 5.92 Å². The van der Waals surface area contributed by atoms with E-state index in [0.29, 0.717) is 29.3 Å². The molecule has 142 valence electrons. The molecular weight excluding hydrogens is 362 g/mol. The van der Waals surface area contributed by atoms with Crippen LogP contribution in [0.4, 0.5) is 11.4 Å². The van der Waals surface area contributed by atoms with Crippen molar-refractivity contribution in [2.45, 2.75) is 20.8 Å². The molecule has 0 unspecified atom stereocenters. The Kier molecular flexibility index (Phi) is 7.31. The lowest BCUT2D eigenvalue weighted by Crippen LogP contribution is -2.34. The van der Waals surface area contributed by atoms with Crippen molar-refractivity contribution in [3.05, 3.63) is 54.1 Å². The Morgan fingerprint density at radius 2 is 1.67 bits per heavy atom. The summed E-state index contributed by atoms with van der Waals surface area (Å²) < 4.78 is 5.39. The third-order valence-corrected chi connectivity index (χ3v) is 3.77. The van der Waals surface area contributed by atoms with Crippen molar-refractivity contribution in [2.24, 2.45) is 5.92 Å². The summed E-state index contributed by atoms with van der Waals surface area (Å²) in [6.45, 7) is 6.07. The number of rotatable bonds is 6. The number of thiocarbonyl (C=S) groups is 1. The SMILES string of the molecule is CCOc1cccc(C(=O)NC(=S)Nc2ccc(NC(=O)C(C)C)cc2)c1. The van der Waals surface area contributed by atoms with E-state index in [4.69, 9.17) is 17.0 Å². The number of nitrogens with one attached hydrogen (secondary N) is 3. The highest BCUT2D eigenvalue weighted by molar-refractivity contribution is 7.80. The molecule has 27 heavy (non-hydrogen) atoms. The molecule has 0 spiro atoms. The van der Waals surface area contributed by atoms with Crippen molar-refractivity contribution in [3.63, 3.8) is 0 Å². The standard InChI is InChI=1S/C20H23N3O3S/c1-4-26-17-7-5-6-14(12-17)19(25)23-20(27)22-16-10-8-15(9-11-16)21-18(24)13(2)3/h5-13H,4H2,1-3H3,(H,21,24)(H2,22,23,25,27). The first-order chi connectivity index (χ1) is 12.9. The second-order valence-corrected chi connectivity index (χ2v) is 6.50. The van der Waals surface area contributed by atoms with Crippen LogP contribution in [0.3, 0.4) is 0 Å². The van der Waals surface area contributed by atoms with Gasteiger partial charge in [0.15, 0.2) is 5.11 Å². The fraction of sp³-hybridized carbons (Fsp3) is 0.250. The summed E-state index contributed by atoms with van der Waals surface area (Å²) in [5, 5.41) is 8.56. The lowest BCUT2D eigenvalue weighted by atomic mass is 10.2. The zero-order chi connectivity index (χ0) is 19.8. The van der Waals surface area contributed by atoms with Gasteiger partial charge in [-0.1, -0.05) is 19.9 Å². The second-order valence-electron chi connectivity index (χ2n) is 6.09. The molecule has 0 aliphatic heterocycles. The van der Waals surface area contributed by atoms with Gasteiger partial charge in [-0.2, -0.15) is 0 Å². The molecule has 2 amide bonds. The lowest BCUT2D eigenvalue weighted by molar-refractivity contribution is -0.118. The molecule has 0 saturated heterocycles. The molecule has 3 N–H and O–H groups in total. The molecule has 0 fully saturated rings. The predicted octanol–water partition coefficient (Wildman–Crippen LogP) is 3.81. The smallest absolute Gasteiger partial charge is 0.257 e. The van der Waals surface area contributed by atoms with Gasteiger partial charge in [0.25, 0.3) is 5.91 Å². The fourth-order valence-electron chi connectivity index (χ4n) is 2.15. The maximum Gasteiger partial charge on any atom is 0.257 e. The highest BCUT2D eigenvalue weighted by atomic mass is 32.1. The average molecular weight is 385 g/mol. The molecule has 0 aliphatic rings. The van der Waals surface area contributed by atoms with Gasteiger partial charge in [0.05, 0.1) is 6.61 Å². The second kappa shape index (κ2) is 9.68. The van der Waals surface area contributed by atoms with E-state index in [1.165, 1.54) is 0 Å². The summed E-state index contributed by atoms with van der Waals surface area (Å²) in [6, 6.07) is 13.9. The molecular formula is C20H23N3O3S. The molecule has 0 bridgehead atoms. The molecule has 0 aliphatic carbocycles. The van der Waals surface area contributed by atoms with Crippen LogP contribution in [0.1, 0.15) is 31.1 Å². The summed E-state index contributed by atoms with van der Waals surface area (Å²) >= 11 is 5.19. The molecule has 0 radical (unpaired) electrons. The van der Waals surface area contributed by atoms with Gasteiger partial charge >= 0.3 is 0 Å². The van der Waals surface area contributed by atoms with E-state index in [9.17, 15) is 9.59 Å². The van der Waals surface area contributed by atoms with Crippen LogP contribution in [0.2, 0.25) is 0 Å². The topological polar surface area (TPSA) is 79.5 Å². The summed E-state index contributed by atoms with van der Waals surface area (Å²) in [5.74, 6) is 0.164. The third-order valence-electron chi connectivity index (χ3n) is 3.57. The number of carbonyl (C=O) groups excluding carboxylic acids is 2. The first kappa shape index (κ1) is 20.4. The number of hydrogen-bond donors (Lipinski definition) is 3. The van der Waals surface area contributed by atoms with Crippen LogP contribution in [-0.4, -0.2) is 23.5 Å². The van der Waals surface area contributed by atoms with Crippen LogP contribution in [-0.2, 0) is 4.79 Å². The molecule has 2 aromatic carbocycles. The summed E-state index contributed by atoms with van der Waals surface area (Å²) in [6.07, 6.45) is 0. The van der Waals surface area contributed by atoms with E-state index in [-0.39, 0.29) is 22.8 Å². The van der Waals surface area contributed by atoms with E-state index in [1.54, 1.807) is 48.5 Å². The van der Waals surface area contributed by atoms with Gasteiger partial charge in [-0.25, -0.2) is 0 Å². The van der Waals surface area contributed by atoms with Crippen molar-refractivity contribution in [1.82, 2.24) is 5.32 Å². The van der Waals surface area contributed by atoms with Crippen LogP contribution < -0.4 is 20.7 Å². The first-order valence-electron chi connectivity index (χ1n) is 8.65. The minimum atomic E-state index is -0.324.